The van der Waals surface area contributed by atoms with Gasteiger partial charge in [-0.3, -0.25) is 10.2 Å². The second-order valence-corrected chi connectivity index (χ2v) is 3.13. The molecule has 2 aromatic rings. The summed E-state index contributed by atoms with van der Waals surface area (Å²) in [5.41, 5.74) is 0.836. The van der Waals surface area contributed by atoms with E-state index in [1.165, 1.54) is 7.11 Å². The maximum atomic E-state index is 11.2. The van der Waals surface area contributed by atoms with Crippen molar-refractivity contribution >= 4 is 22.7 Å². The topological polar surface area (TPSA) is 62.7 Å². The number of amides is 1. The molecule has 0 fully saturated rings. The molecule has 0 radical (unpaired) electrons. The number of ether oxygens (including phenoxy) is 1. The van der Waals surface area contributed by atoms with Crippen LogP contribution in [-0.4, -0.2) is 23.4 Å². The highest BCUT2D eigenvalue weighted by molar-refractivity contribution is 5.97. The van der Waals surface area contributed by atoms with Crippen molar-refractivity contribution in [1.29, 1.82) is 0 Å². The molecule has 2 rings (SSSR count). The number of aromatic nitrogens is 1. The molecule has 1 aromatic carbocycles. The van der Waals surface area contributed by atoms with Crippen LogP contribution >= 0.6 is 0 Å². The molecule has 1 aromatic heterocycles. The van der Waals surface area contributed by atoms with Crippen molar-refractivity contribution in [1.82, 2.24) is 4.98 Å². The number of hydroxylamine groups is 1. The molecule has 1 amide bonds. The van der Waals surface area contributed by atoms with E-state index >= 15 is 0 Å². The lowest BCUT2D eigenvalue weighted by molar-refractivity contribution is 0.141. The summed E-state index contributed by atoms with van der Waals surface area (Å²) < 4.78 is 4.42. The Hall–Kier alpha value is -2.14. The van der Waals surface area contributed by atoms with E-state index in [1.807, 2.05) is 12.1 Å². The Kier molecular flexibility index (Phi) is 2.70. The number of carbonyl (C=O) groups excluding carboxylic acids is 1. The van der Waals surface area contributed by atoms with Crippen LogP contribution in [0.15, 0.2) is 36.5 Å². The summed E-state index contributed by atoms with van der Waals surface area (Å²) in [4.78, 5) is 15.3. The summed E-state index contributed by atoms with van der Waals surface area (Å²) in [5.74, 6) is 0. The van der Waals surface area contributed by atoms with Gasteiger partial charge in [0.15, 0.2) is 0 Å². The molecule has 0 unspecified atom stereocenters. The predicted molar refractivity (Wildman–Crippen MR) is 58.4 cm³/mol. The molecular formula is C11H10N2O3. The fraction of sp³-hybridized carbons (Fsp3) is 0.0909. The normalized spacial score (nSPS) is 10.1. The smallest absolute Gasteiger partial charge is 0.438 e. The second-order valence-electron chi connectivity index (χ2n) is 3.13. The second kappa shape index (κ2) is 4.16. The van der Waals surface area contributed by atoms with E-state index in [0.29, 0.717) is 16.3 Å². The van der Waals surface area contributed by atoms with Gasteiger partial charge < -0.3 is 4.74 Å². The van der Waals surface area contributed by atoms with Crippen molar-refractivity contribution < 1.29 is 14.7 Å². The molecule has 5 nitrogen and oxygen atoms in total. The van der Waals surface area contributed by atoms with E-state index < -0.39 is 6.09 Å². The van der Waals surface area contributed by atoms with Gasteiger partial charge in [0.1, 0.15) is 5.69 Å². The Bertz CT molecular complexity index is 522. The fourth-order valence-electron chi connectivity index (χ4n) is 1.44. The molecule has 0 aliphatic rings. The maximum absolute atomic E-state index is 11.2. The molecule has 0 aliphatic heterocycles. The lowest BCUT2D eigenvalue weighted by atomic mass is 10.2. The third-order valence-electron chi connectivity index (χ3n) is 2.19. The Labute approximate surface area is 91.8 Å². The summed E-state index contributed by atoms with van der Waals surface area (Å²) >= 11 is 0. The highest BCUT2D eigenvalue weighted by Gasteiger charge is 2.16. The minimum atomic E-state index is -0.849. The van der Waals surface area contributed by atoms with E-state index in [-0.39, 0.29) is 0 Å². The number of methoxy groups -OCH3 is 1. The summed E-state index contributed by atoms with van der Waals surface area (Å²) in [6, 6.07) is 8.79. The van der Waals surface area contributed by atoms with E-state index in [4.69, 9.17) is 0 Å². The van der Waals surface area contributed by atoms with Gasteiger partial charge >= 0.3 is 6.09 Å². The number of para-hydroxylation sites is 1. The number of hydrogen-bond acceptors (Lipinski definition) is 4. The van der Waals surface area contributed by atoms with Crippen LogP contribution in [0.2, 0.25) is 0 Å². The summed E-state index contributed by atoms with van der Waals surface area (Å²) in [7, 11) is 1.20. The van der Waals surface area contributed by atoms with E-state index in [0.717, 1.165) is 5.39 Å². The van der Waals surface area contributed by atoms with E-state index in [2.05, 4.69) is 9.72 Å². The van der Waals surface area contributed by atoms with Gasteiger partial charge in [-0.2, -0.15) is 5.06 Å². The van der Waals surface area contributed by atoms with Crippen LogP contribution in [0.3, 0.4) is 0 Å². The summed E-state index contributed by atoms with van der Waals surface area (Å²) in [5, 5.41) is 10.9. The molecule has 0 bridgehead atoms. The molecule has 0 saturated heterocycles. The molecule has 5 heteroatoms. The SMILES string of the molecule is COC(=O)N(O)c1cccc2cccnc12. The lowest BCUT2D eigenvalue weighted by Gasteiger charge is -2.14. The van der Waals surface area contributed by atoms with Crippen molar-refractivity contribution in [2.45, 2.75) is 0 Å². The average Bonchev–Trinajstić information content (AvgIpc) is 2.36. The Morgan fingerprint density at radius 2 is 2.12 bits per heavy atom. The van der Waals surface area contributed by atoms with Crippen LogP contribution in [-0.2, 0) is 4.74 Å². The third kappa shape index (κ3) is 1.68. The van der Waals surface area contributed by atoms with Gasteiger partial charge in [-0.25, -0.2) is 4.79 Å². The quantitative estimate of drug-likeness (QED) is 0.588. The number of nitrogens with zero attached hydrogens (tertiary/aromatic N) is 2. The number of carbonyl (C=O) groups is 1. The molecule has 16 heavy (non-hydrogen) atoms. The van der Waals surface area contributed by atoms with Crippen molar-refractivity contribution in [2.24, 2.45) is 0 Å². The van der Waals surface area contributed by atoms with E-state index in [9.17, 15) is 10.0 Å². The largest absolute Gasteiger partial charge is 0.451 e. The monoisotopic (exact) mass is 218 g/mol. The van der Waals surface area contributed by atoms with Crippen molar-refractivity contribution in [3.63, 3.8) is 0 Å². The molecule has 0 saturated carbocycles. The number of anilines is 1. The zero-order valence-corrected chi connectivity index (χ0v) is 8.62. The number of rotatable bonds is 1. The third-order valence-corrected chi connectivity index (χ3v) is 2.19. The van der Waals surface area contributed by atoms with Crippen molar-refractivity contribution in [3.8, 4) is 0 Å². The van der Waals surface area contributed by atoms with Gasteiger partial charge in [-0.05, 0) is 12.1 Å². The first kappa shape index (κ1) is 10.4. The van der Waals surface area contributed by atoms with Crippen LogP contribution in [0.25, 0.3) is 10.9 Å². The minimum Gasteiger partial charge on any atom is -0.451 e. The first-order chi connectivity index (χ1) is 7.74. The highest BCUT2D eigenvalue weighted by Crippen LogP contribution is 2.23. The van der Waals surface area contributed by atoms with Crippen molar-refractivity contribution in [3.05, 3.63) is 36.5 Å². The molecule has 0 spiro atoms. The number of hydrogen-bond donors (Lipinski definition) is 1. The molecule has 1 N–H and O–H groups in total. The highest BCUT2D eigenvalue weighted by atomic mass is 16.6. The first-order valence-corrected chi connectivity index (χ1v) is 4.64. The standard InChI is InChI=1S/C11H10N2O3/c1-16-11(14)13(15)9-6-2-4-8-5-3-7-12-10(8)9/h2-7,15H,1H3. The predicted octanol–water partition coefficient (Wildman–Crippen LogP) is 2.20. The van der Waals surface area contributed by atoms with Crippen molar-refractivity contribution in [2.75, 3.05) is 12.2 Å². The molecule has 0 atom stereocenters. The van der Waals surface area contributed by atoms with Crippen LogP contribution in [0, 0.1) is 0 Å². The van der Waals surface area contributed by atoms with E-state index in [1.54, 1.807) is 24.4 Å². The number of benzene rings is 1. The van der Waals surface area contributed by atoms with Crippen LogP contribution in [0.5, 0.6) is 0 Å². The van der Waals surface area contributed by atoms with Gasteiger partial charge in [0, 0.05) is 11.6 Å². The zero-order valence-electron chi connectivity index (χ0n) is 8.62. The Morgan fingerprint density at radius 3 is 2.88 bits per heavy atom. The molecule has 1 heterocycles. The Morgan fingerprint density at radius 1 is 1.38 bits per heavy atom. The Balaban J connectivity index is 2.56. The summed E-state index contributed by atoms with van der Waals surface area (Å²) in [6.07, 6.45) is 0.745. The van der Waals surface area contributed by atoms with Crippen LogP contribution in [0.4, 0.5) is 10.5 Å². The van der Waals surface area contributed by atoms with Gasteiger partial charge in [0.2, 0.25) is 0 Å². The van der Waals surface area contributed by atoms with Crippen LogP contribution < -0.4 is 5.06 Å². The van der Waals surface area contributed by atoms with Gasteiger partial charge in [0.25, 0.3) is 0 Å². The average molecular weight is 218 g/mol. The zero-order chi connectivity index (χ0) is 11.5. The van der Waals surface area contributed by atoms with Crippen LogP contribution in [0.1, 0.15) is 0 Å². The van der Waals surface area contributed by atoms with Gasteiger partial charge in [0.05, 0.1) is 12.6 Å². The first-order valence-electron chi connectivity index (χ1n) is 4.64. The van der Waals surface area contributed by atoms with Gasteiger partial charge in [-0.15, -0.1) is 0 Å². The summed E-state index contributed by atoms with van der Waals surface area (Å²) in [6.45, 7) is 0. The van der Waals surface area contributed by atoms with Gasteiger partial charge in [-0.1, -0.05) is 18.2 Å². The fourth-order valence-corrected chi connectivity index (χ4v) is 1.44. The molecule has 82 valence electrons. The maximum Gasteiger partial charge on any atom is 0.438 e. The molecule has 0 aliphatic carbocycles. The minimum absolute atomic E-state index is 0.296. The number of fused-ring (bicyclic) bond motifs is 1. The lowest BCUT2D eigenvalue weighted by Crippen LogP contribution is -2.26. The molecular weight excluding hydrogens is 208 g/mol. The number of pyridine rings is 1.